The zero-order valence-electron chi connectivity index (χ0n) is 9.35. The summed E-state index contributed by atoms with van der Waals surface area (Å²) in [5.41, 5.74) is 0. The van der Waals surface area contributed by atoms with Crippen LogP contribution in [0, 0.1) is 0 Å². The van der Waals surface area contributed by atoms with E-state index in [0.29, 0.717) is 5.95 Å². The smallest absolute Gasteiger partial charge is 0.243 e. The number of aromatic nitrogens is 4. The lowest BCUT2D eigenvalue weighted by Gasteiger charge is -2.15. The van der Waals surface area contributed by atoms with Crippen molar-refractivity contribution in [2.75, 3.05) is 5.32 Å². The summed E-state index contributed by atoms with van der Waals surface area (Å²) in [6.07, 6.45) is 0. The van der Waals surface area contributed by atoms with Gasteiger partial charge in [0.1, 0.15) is 6.04 Å². The van der Waals surface area contributed by atoms with E-state index in [9.17, 15) is 4.79 Å². The van der Waals surface area contributed by atoms with Crippen molar-refractivity contribution in [3.05, 3.63) is 0 Å². The van der Waals surface area contributed by atoms with Crippen LogP contribution in [0.1, 0.15) is 20.8 Å². The fourth-order valence-electron chi connectivity index (χ4n) is 1.02. The van der Waals surface area contributed by atoms with Gasteiger partial charge in [0.25, 0.3) is 0 Å². The fraction of sp³-hybridized carbons (Fsp3) is 0.750. The van der Waals surface area contributed by atoms with E-state index in [1.54, 1.807) is 14.0 Å². The molecule has 1 rings (SSSR count). The molecule has 0 radical (unpaired) electrons. The van der Waals surface area contributed by atoms with Crippen molar-refractivity contribution in [2.24, 2.45) is 7.05 Å². The number of anilines is 1. The van der Waals surface area contributed by atoms with Gasteiger partial charge in [0.2, 0.25) is 11.9 Å². The highest BCUT2D eigenvalue weighted by Gasteiger charge is 2.15. The predicted octanol–water partition coefficient (Wildman–Crippen LogP) is -0.465. The lowest BCUT2D eigenvalue weighted by Crippen LogP contribution is -2.41. The molecule has 15 heavy (non-hydrogen) atoms. The Hall–Kier alpha value is -1.66. The summed E-state index contributed by atoms with van der Waals surface area (Å²) in [6, 6.07) is -0.239. The van der Waals surface area contributed by atoms with Gasteiger partial charge in [-0.2, -0.15) is 0 Å². The standard InChI is InChI=1S/C8H16N6O/c1-5(2)9-7(15)6(3)10-8-11-12-13-14(8)4/h5-6H,1-4H3,(H,9,15)(H,10,11,13). The Morgan fingerprint density at radius 2 is 2.07 bits per heavy atom. The molecule has 0 bridgehead atoms. The molecule has 84 valence electrons. The van der Waals surface area contributed by atoms with Crippen molar-refractivity contribution in [1.82, 2.24) is 25.5 Å². The third kappa shape index (κ3) is 3.19. The number of amides is 1. The highest BCUT2D eigenvalue weighted by atomic mass is 16.2. The van der Waals surface area contributed by atoms with Crippen LogP contribution in [-0.4, -0.2) is 38.2 Å². The van der Waals surface area contributed by atoms with E-state index in [2.05, 4.69) is 26.2 Å². The summed E-state index contributed by atoms with van der Waals surface area (Å²) in [5, 5.41) is 16.5. The minimum absolute atomic E-state index is 0.0759. The molecule has 0 saturated carbocycles. The average Bonchev–Trinajstić information content (AvgIpc) is 2.50. The topological polar surface area (TPSA) is 84.7 Å². The molecule has 1 unspecified atom stereocenters. The van der Waals surface area contributed by atoms with Crippen LogP contribution in [0.15, 0.2) is 0 Å². The largest absolute Gasteiger partial charge is 0.352 e. The van der Waals surface area contributed by atoms with Gasteiger partial charge in [-0.15, -0.1) is 0 Å². The molecule has 0 aliphatic rings. The van der Waals surface area contributed by atoms with Crippen LogP contribution in [0.4, 0.5) is 5.95 Å². The number of carbonyl (C=O) groups is 1. The maximum Gasteiger partial charge on any atom is 0.243 e. The number of carbonyl (C=O) groups excluding carboxylic acids is 1. The Morgan fingerprint density at radius 3 is 2.53 bits per heavy atom. The van der Waals surface area contributed by atoms with Gasteiger partial charge >= 0.3 is 0 Å². The van der Waals surface area contributed by atoms with Crippen LogP contribution in [0.3, 0.4) is 0 Å². The predicted molar refractivity (Wildman–Crippen MR) is 55.2 cm³/mol. The van der Waals surface area contributed by atoms with E-state index in [-0.39, 0.29) is 18.0 Å². The number of aryl methyl sites for hydroxylation is 1. The van der Waals surface area contributed by atoms with Crippen molar-refractivity contribution < 1.29 is 4.79 Å². The van der Waals surface area contributed by atoms with Gasteiger partial charge in [0.05, 0.1) is 0 Å². The van der Waals surface area contributed by atoms with E-state index in [0.717, 1.165) is 0 Å². The van der Waals surface area contributed by atoms with Crippen LogP contribution in [0.5, 0.6) is 0 Å². The molecule has 0 aliphatic heterocycles. The molecular weight excluding hydrogens is 196 g/mol. The Labute approximate surface area is 88.2 Å². The lowest BCUT2D eigenvalue weighted by atomic mass is 10.3. The highest BCUT2D eigenvalue weighted by molar-refractivity contribution is 5.83. The van der Waals surface area contributed by atoms with Gasteiger partial charge in [-0.05, 0) is 31.2 Å². The first-order valence-corrected chi connectivity index (χ1v) is 4.80. The Kier molecular flexibility index (Phi) is 3.59. The van der Waals surface area contributed by atoms with E-state index in [1.165, 1.54) is 4.68 Å². The van der Waals surface area contributed by atoms with Crippen LogP contribution in [0.25, 0.3) is 0 Å². The van der Waals surface area contributed by atoms with Gasteiger partial charge in [0.15, 0.2) is 0 Å². The quantitative estimate of drug-likeness (QED) is 0.705. The van der Waals surface area contributed by atoms with Gasteiger partial charge in [-0.1, -0.05) is 5.10 Å². The van der Waals surface area contributed by atoms with Crippen molar-refractivity contribution in [3.8, 4) is 0 Å². The van der Waals surface area contributed by atoms with Crippen LogP contribution in [-0.2, 0) is 11.8 Å². The van der Waals surface area contributed by atoms with Crippen molar-refractivity contribution in [1.29, 1.82) is 0 Å². The summed E-state index contributed by atoms with van der Waals surface area (Å²) in [6.45, 7) is 5.58. The van der Waals surface area contributed by atoms with Crippen LogP contribution in [0.2, 0.25) is 0 Å². The summed E-state index contributed by atoms with van der Waals surface area (Å²) in [4.78, 5) is 11.5. The molecule has 0 fully saturated rings. The molecule has 0 aliphatic carbocycles. The first kappa shape index (κ1) is 11.4. The van der Waals surface area contributed by atoms with E-state index < -0.39 is 0 Å². The molecule has 1 amide bonds. The summed E-state index contributed by atoms with van der Waals surface area (Å²) >= 11 is 0. The monoisotopic (exact) mass is 212 g/mol. The van der Waals surface area contributed by atoms with E-state index in [1.807, 2.05) is 13.8 Å². The zero-order chi connectivity index (χ0) is 11.4. The molecule has 1 heterocycles. The second kappa shape index (κ2) is 4.72. The third-order valence-corrected chi connectivity index (χ3v) is 1.79. The number of rotatable bonds is 4. The van der Waals surface area contributed by atoms with E-state index >= 15 is 0 Å². The third-order valence-electron chi connectivity index (χ3n) is 1.79. The van der Waals surface area contributed by atoms with Gasteiger partial charge < -0.3 is 10.6 Å². The Morgan fingerprint density at radius 1 is 1.40 bits per heavy atom. The van der Waals surface area contributed by atoms with E-state index in [4.69, 9.17) is 0 Å². The minimum Gasteiger partial charge on any atom is -0.352 e. The van der Waals surface area contributed by atoms with Crippen molar-refractivity contribution in [2.45, 2.75) is 32.9 Å². The fourth-order valence-corrected chi connectivity index (χ4v) is 1.02. The second-order valence-electron chi connectivity index (χ2n) is 3.66. The van der Waals surface area contributed by atoms with Gasteiger partial charge in [-0.25, -0.2) is 4.68 Å². The molecule has 0 saturated heterocycles. The zero-order valence-corrected chi connectivity index (χ0v) is 9.35. The number of hydrogen-bond donors (Lipinski definition) is 2. The molecule has 0 aromatic carbocycles. The number of nitrogens with one attached hydrogen (secondary N) is 2. The molecule has 7 heteroatoms. The summed E-state index contributed by atoms with van der Waals surface area (Å²) in [7, 11) is 1.70. The average molecular weight is 212 g/mol. The maximum absolute atomic E-state index is 11.5. The number of tetrazole rings is 1. The summed E-state index contributed by atoms with van der Waals surface area (Å²) in [5.74, 6) is 0.398. The second-order valence-corrected chi connectivity index (χ2v) is 3.66. The number of nitrogens with zero attached hydrogens (tertiary/aromatic N) is 4. The maximum atomic E-state index is 11.5. The van der Waals surface area contributed by atoms with Gasteiger partial charge in [-0.3, -0.25) is 4.79 Å². The Balaban J connectivity index is 2.52. The molecule has 1 aromatic heterocycles. The first-order valence-electron chi connectivity index (χ1n) is 4.80. The molecule has 2 N–H and O–H groups in total. The van der Waals surface area contributed by atoms with Crippen LogP contribution >= 0.6 is 0 Å². The lowest BCUT2D eigenvalue weighted by molar-refractivity contribution is -0.122. The van der Waals surface area contributed by atoms with Gasteiger partial charge in [0, 0.05) is 13.1 Å². The molecule has 1 atom stereocenters. The molecule has 1 aromatic rings. The minimum atomic E-state index is -0.364. The van der Waals surface area contributed by atoms with Crippen molar-refractivity contribution >= 4 is 11.9 Å². The SMILES string of the molecule is CC(C)NC(=O)C(C)Nc1nnnn1C. The summed E-state index contributed by atoms with van der Waals surface area (Å²) < 4.78 is 1.47. The highest BCUT2D eigenvalue weighted by Crippen LogP contribution is 1.99. The van der Waals surface area contributed by atoms with Crippen LogP contribution < -0.4 is 10.6 Å². The van der Waals surface area contributed by atoms with Crippen molar-refractivity contribution in [3.63, 3.8) is 0 Å². The first-order chi connectivity index (χ1) is 7.00. The normalized spacial score (nSPS) is 12.6. The molecule has 0 spiro atoms. The molecular formula is C8H16N6O. The molecule has 7 nitrogen and oxygen atoms in total. The Bertz CT molecular complexity index is 334. The number of hydrogen-bond acceptors (Lipinski definition) is 5.